The van der Waals surface area contributed by atoms with Gasteiger partial charge in [0.15, 0.2) is 0 Å². The lowest BCUT2D eigenvalue weighted by atomic mass is 10.1. The molecular formula is C16H19BrN2O. The molecule has 106 valence electrons. The van der Waals surface area contributed by atoms with Crippen molar-refractivity contribution in [2.45, 2.75) is 31.9 Å². The molecule has 0 amide bonds. The number of aliphatic imine (C=N–C) groups is 1. The predicted molar refractivity (Wildman–Crippen MR) is 85.4 cm³/mol. The number of halogens is 1. The van der Waals surface area contributed by atoms with Gasteiger partial charge in [0.05, 0.1) is 18.4 Å². The highest BCUT2D eigenvalue weighted by atomic mass is 79.9. The lowest BCUT2D eigenvalue weighted by Gasteiger charge is -2.29. The van der Waals surface area contributed by atoms with E-state index in [0.29, 0.717) is 12.7 Å². The van der Waals surface area contributed by atoms with Crippen molar-refractivity contribution in [1.82, 2.24) is 4.90 Å². The van der Waals surface area contributed by atoms with E-state index in [1.54, 1.807) is 0 Å². The molecule has 1 atom stereocenters. The van der Waals surface area contributed by atoms with Crippen molar-refractivity contribution in [3.63, 3.8) is 0 Å². The maximum absolute atomic E-state index is 5.81. The molecule has 0 bridgehead atoms. The minimum absolute atomic E-state index is 0.330. The fourth-order valence-electron chi connectivity index (χ4n) is 2.82. The van der Waals surface area contributed by atoms with Crippen molar-refractivity contribution in [3.05, 3.63) is 40.9 Å². The summed E-state index contributed by atoms with van der Waals surface area (Å²) in [4.78, 5) is 7.22. The molecule has 3 nitrogen and oxygen atoms in total. The van der Waals surface area contributed by atoms with Gasteiger partial charge >= 0.3 is 0 Å². The Balaban J connectivity index is 1.76. The van der Waals surface area contributed by atoms with Crippen molar-refractivity contribution >= 4 is 27.5 Å². The number of hydrogen-bond acceptors (Lipinski definition) is 3. The molecule has 1 unspecified atom stereocenters. The van der Waals surface area contributed by atoms with E-state index in [1.807, 2.05) is 6.08 Å². The van der Waals surface area contributed by atoms with Crippen LogP contribution in [-0.4, -0.2) is 30.0 Å². The van der Waals surface area contributed by atoms with Gasteiger partial charge in [0.2, 0.25) is 0 Å². The zero-order valence-electron chi connectivity index (χ0n) is 11.5. The Morgan fingerprint density at radius 1 is 1.45 bits per heavy atom. The second-order valence-corrected chi connectivity index (χ2v) is 6.21. The summed E-state index contributed by atoms with van der Waals surface area (Å²) in [6, 6.07) is 6.33. The topological polar surface area (TPSA) is 24.8 Å². The van der Waals surface area contributed by atoms with E-state index >= 15 is 0 Å². The van der Waals surface area contributed by atoms with Crippen LogP contribution in [0, 0.1) is 0 Å². The third kappa shape index (κ3) is 2.96. The van der Waals surface area contributed by atoms with Crippen LogP contribution in [0.3, 0.4) is 0 Å². The summed E-state index contributed by atoms with van der Waals surface area (Å²) in [7, 11) is 0. The normalized spacial score (nSPS) is 21.6. The van der Waals surface area contributed by atoms with Crippen LogP contribution in [0.15, 0.2) is 40.3 Å². The molecule has 0 aromatic heterocycles. The number of benzene rings is 1. The van der Waals surface area contributed by atoms with Crippen molar-refractivity contribution in [2.24, 2.45) is 4.99 Å². The van der Waals surface area contributed by atoms with Crippen molar-refractivity contribution < 1.29 is 4.74 Å². The van der Waals surface area contributed by atoms with Crippen LogP contribution in [-0.2, 0) is 11.3 Å². The first kappa shape index (κ1) is 13.8. The summed E-state index contributed by atoms with van der Waals surface area (Å²) in [5.74, 6) is 1.21. The Kier molecular flexibility index (Phi) is 4.22. The summed E-state index contributed by atoms with van der Waals surface area (Å²) in [5.41, 5.74) is 2.42. The molecule has 3 rings (SSSR count). The summed E-state index contributed by atoms with van der Waals surface area (Å²) >= 11 is 3.54. The molecule has 2 aliphatic heterocycles. The van der Waals surface area contributed by atoms with Crippen LogP contribution in [0.25, 0.3) is 0 Å². The first-order valence-electron chi connectivity index (χ1n) is 7.09. The third-order valence-electron chi connectivity index (χ3n) is 3.88. The van der Waals surface area contributed by atoms with Gasteiger partial charge in [-0.25, -0.2) is 4.99 Å². The molecule has 2 heterocycles. The first-order valence-corrected chi connectivity index (χ1v) is 7.89. The van der Waals surface area contributed by atoms with Crippen LogP contribution < -0.4 is 0 Å². The van der Waals surface area contributed by atoms with Gasteiger partial charge in [0.25, 0.3) is 0 Å². The second kappa shape index (κ2) is 6.10. The Bertz CT molecular complexity index is 541. The molecule has 1 saturated heterocycles. The lowest BCUT2D eigenvalue weighted by Crippen LogP contribution is -2.32. The predicted octanol–water partition coefficient (Wildman–Crippen LogP) is 4.05. The van der Waals surface area contributed by atoms with Crippen LogP contribution >= 0.6 is 15.9 Å². The Labute approximate surface area is 128 Å². The van der Waals surface area contributed by atoms with Gasteiger partial charge in [-0.2, -0.15) is 0 Å². The molecule has 2 aliphatic rings. The van der Waals surface area contributed by atoms with E-state index in [9.17, 15) is 0 Å². The van der Waals surface area contributed by atoms with Gasteiger partial charge in [0, 0.05) is 24.0 Å². The first-order chi connectivity index (χ1) is 9.76. The molecule has 20 heavy (non-hydrogen) atoms. The maximum atomic E-state index is 5.81. The average Bonchev–Trinajstić information content (AvgIpc) is 2.65. The number of amidine groups is 1. The lowest BCUT2D eigenvalue weighted by molar-refractivity contribution is 0.0631. The van der Waals surface area contributed by atoms with Gasteiger partial charge in [0.1, 0.15) is 5.84 Å². The standard InChI is InChI=1S/C16H19BrN2O/c1-2-9-20-14-4-6-16-18-15-5-3-13(17)10-12(15)11-19(16)8-7-14/h2-3,5,10,14H,1,4,6-9,11H2. The van der Waals surface area contributed by atoms with Crippen LogP contribution in [0.1, 0.15) is 24.8 Å². The quantitative estimate of drug-likeness (QED) is 0.779. The SMILES string of the molecule is C=CCOC1CCC2=Nc3ccc(Br)cc3CN2CC1. The van der Waals surface area contributed by atoms with E-state index in [4.69, 9.17) is 9.73 Å². The fourth-order valence-corrected chi connectivity index (χ4v) is 3.23. The summed E-state index contributed by atoms with van der Waals surface area (Å²) in [5, 5.41) is 0. The minimum Gasteiger partial charge on any atom is -0.374 e. The van der Waals surface area contributed by atoms with Crippen LogP contribution in [0.2, 0.25) is 0 Å². The molecule has 0 N–H and O–H groups in total. The average molecular weight is 335 g/mol. The van der Waals surface area contributed by atoms with Crippen LogP contribution in [0.4, 0.5) is 5.69 Å². The Hall–Kier alpha value is -1.13. The highest BCUT2D eigenvalue weighted by Gasteiger charge is 2.25. The summed E-state index contributed by atoms with van der Waals surface area (Å²) < 4.78 is 6.93. The van der Waals surface area contributed by atoms with Gasteiger partial charge in [-0.05, 0) is 36.6 Å². The van der Waals surface area contributed by atoms with Crippen LogP contribution in [0.5, 0.6) is 0 Å². The molecule has 0 spiro atoms. The van der Waals surface area contributed by atoms with Crippen molar-refractivity contribution in [2.75, 3.05) is 13.2 Å². The fraction of sp³-hybridized carbons (Fsp3) is 0.438. The molecule has 0 aliphatic carbocycles. The monoisotopic (exact) mass is 334 g/mol. The van der Waals surface area contributed by atoms with E-state index in [1.165, 1.54) is 11.4 Å². The van der Waals surface area contributed by atoms with Crippen molar-refractivity contribution in [3.8, 4) is 0 Å². The van der Waals surface area contributed by atoms with E-state index in [-0.39, 0.29) is 0 Å². The van der Waals surface area contributed by atoms with E-state index in [0.717, 1.165) is 42.5 Å². The highest BCUT2D eigenvalue weighted by molar-refractivity contribution is 9.10. The second-order valence-electron chi connectivity index (χ2n) is 5.29. The maximum Gasteiger partial charge on any atom is 0.105 e. The summed E-state index contributed by atoms with van der Waals surface area (Å²) in [6.07, 6.45) is 5.27. The minimum atomic E-state index is 0.330. The molecule has 1 aromatic carbocycles. The number of hydrogen-bond donors (Lipinski definition) is 0. The molecular weight excluding hydrogens is 316 g/mol. The molecule has 0 saturated carbocycles. The van der Waals surface area contributed by atoms with Gasteiger partial charge in [-0.3, -0.25) is 0 Å². The third-order valence-corrected chi connectivity index (χ3v) is 4.37. The number of fused-ring (bicyclic) bond motifs is 2. The highest BCUT2D eigenvalue weighted by Crippen LogP contribution is 2.31. The zero-order valence-corrected chi connectivity index (χ0v) is 13.1. The number of ether oxygens (including phenoxy) is 1. The Morgan fingerprint density at radius 2 is 2.35 bits per heavy atom. The van der Waals surface area contributed by atoms with Crippen molar-refractivity contribution in [1.29, 1.82) is 0 Å². The molecule has 0 radical (unpaired) electrons. The Morgan fingerprint density at radius 3 is 3.20 bits per heavy atom. The van der Waals surface area contributed by atoms with Gasteiger partial charge < -0.3 is 9.64 Å². The van der Waals surface area contributed by atoms with Gasteiger partial charge in [-0.1, -0.05) is 22.0 Å². The molecule has 1 fully saturated rings. The van der Waals surface area contributed by atoms with E-state index in [2.05, 4.69) is 45.6 Å². The number of rotatable bonds is 3. The zero-order chi connectivity index (χ0) is 13.9. The van der Waals surface area contributed by atoms with Gasteiger partial charge in [-0.15, -0.1) is 6.58 Å². The molecule has 4 heteroatoms. The number of nitrogens with zero attached hydrogens (tertiary/aromatic N) is 2. The summed E-state index contributed by atoms with van der Waals surface area (Å²) in [6.45, 7) is 6.34. The largest absolute Gasteiger partial charge is 0.374 e. The smallest absolute Gasteiger partial charge is 0.105 e. The molecule has 1 aromatic rings. The van der Waals surface area contributed by atoms with E-state index < -0.39 is 0 Å².